The summed E-state index contributed by atoms with van der Waals surface area (Å²) in [6, 6.07) is 0. The second-order valence-corrected chi connectivity index (χ2v) is 5.81. The van der Waals surface area contributed by atoms with Crippen LogP contribution in [0.2, 0.25) is 0 Å². The Hall–Kier alpha value is -1.69. The first-order valence-electron chi connectivity index (χ1n) is 6.21. The van der Waals surface area contributed by atoms with E-state index in [0.29, 0.717) is 11.7 Å². The van der Waals surface area contributed by atoms with Gasteiger partial charge in [-0.05, 0) is 12.8 Å². The molecular formula is C13H19N5S. The average molecular weight is 277 g/mol. The Labute approximate surface area is 117 Å². The lowest BCUT2D eigenvalue weighted by Gasteiger charge is -2.22. The van der Waals surface area contributed by atoms with Crippen molar-refractivity contribution in [2.24, 2.45) is 0 Å². The average Bonchev–Trinajstić information content (AvgIpc) is 2.74. The van der Waals surface area contributed by atoms with Crippen LogP contribution in [0.25, 0.3) is 0 Å². The zero-order valence-electron chi connectivity index (χ0n) is 11.7. The van der Waals surface area contributed by atoms with Gasteiger partial charge in [0.15, 0.2) is 0 Å². The minimum Gasteiger partial charge on any atom is -0.383 e. The van der Waals surface area contributed by atoms with Crippen molar-refractivity contribution < 1.29 is 0 Å². The molecule has 2 aromatic rings. The van der Waals surface area contributed by atoms with E-state index in [1.165, 1.54) is 11.2 Å². The molecule has 0 spiro atoms. The highest BCUT2D eigenvalue weighted by molar-refractivity contribution is 7.09. The summed E-state index contributed by atoms with van der Waals surface area (Å²) in [4.78, 5) is 16.1. The zero-order valence-corrected chi connectivity index (χ0v) is 12.5. The van der Waals surface area contributed by atoms with Gasteiger partial charge in [-0.3, -0.25) is 0 Å². The third-order valence-electron chi connectivity index (χ3n) is 3.06. The van der Waals surface area contributed by atoms with E-state index in [9.17, 15) is 0 Å². The summed E-state index contributed by atoms with van der Waals surface area (Å²) in [5.41, 5.74) is 9.93. The Morgan fingerprint density at radius 2 is 2.05 bits per heavy atom. The first-order valence-corrected chi connectivity index (χ1v) is 7.09. The predicted octanol–water partition coefficient (Wildman–Crippen LogP) is 2.58. The van der Waals surface area contributed by atoms with Crippen molar-refractivity contribution in [3.63, 3.8) is 0 Å². The van der Waals surface area contributed by atoms with Crippen LogP contribution in [0.4, 0.5) is 11.6 Å². The van der Waals surface area contributed by atoms with Gasteiger partial charge >= 0.3 is 0 Å². The summed E-state index contributed by atoms with van der Waals surface area (Å²) in [6.45, 7) is 7.01. The monoisotopic (exact) mass is 277 g/mol. The van der Waals surface area contributed by atoms with Crippen molar-refractivity contribution in [3.8, 4) is 0 Å². The Balaban J connectivity index is 2.31. The Kier molecular flexibility index (Phi) is 3.99. The molecule has 6 heteroatoms. The highest BCUT2D eigenvalue weighted by Crippen LogP contribution is 2.29. The largest absolute Gasteiger partial charge is 0.383 e. The van der Waals surface area contributed by atoms with Gasteiger partial charge < -0.3 is 10.6 Å². The van der Waals surface area contributed by atoms with Crippen molar-refractivity contribution in [3.05, 3.63) is 28.0 Å². The molecule has 2 rings (SSSR count). The Morgan fingerprint density at radius 1 is 1.32 bits per heavy atom. The maximum Gasteiger partial charge on any atom is 0.137 e. The second-order valence-electron chi connectivity index (χ2n) is 4.87. The molecule has 0 saturated heterocycles. The standard InChI is InChI=1S/C13H19N5S/c1-8(2)11-12(14)15-6-16-13(11)18(4)5-10-9(3)17-7-19-10/h6-8H,5H2,1-4H3,(H2,14,15,16). The number of nitrogens with two attached hydrogens (primary N) is 1. The Bertz CT molecular complexity index is 564. The number of hydrogen-bond donors (Lipinski definition) is 1. The predicted molar refractivity (Wildman–Crippen MR) is 79.5 cm³/mol. The fourth-order valence-electron chi connectivity index (χ4n) is 2.03. The highest BCUT2D eigenvalue weighted by atomic mass is 32.1. The third-order valence-corrected chi connectivity index (χ3v) is 3.98. The van der Waals surface area contributed by atoms with Crippen LogP contribution < -0.4 is 10.6 Å². The van der Waals surface area contributed by atoms with E-state index in [1.54, 1.807) is 11.3 Å². The van der Waals surface area contributed by atoms with Crippen LogP contribution in [0.1, 0.15) is 35.9 Å². The van der Waals surface area contributed by atoms with E-state index in [2.05, 4.69) is 33.7 Å². The van der Waals surface area contributed by atoms with Crippen LogP contribution in [-0.4, -0.2) is 22.0 Å². The molecule has 0 aromatic carbocycles. The van der Waals surface area contributed by atoms with Gasteiger partial charge in [0.1, 0.15) is 18.0 Å². The van der Waals surface area contributed by atoms with Crippen molar-refractivity contribution in [1.29, 1.82) is 0 Å². The van der Waals surface area contributed by atoms with E-state index in [0.717, 1.165) is 23.6 Å². The zero-order chi connectivity index (χ0) is 14.0. The van der Waals surface area contributed by atoms with Crippen LogP contribution in [0.3, 0.4) is 0 Å². The van der Waals surface area contributed by atoms with Crippen LogP contribution in [0.5, 0.6) is 0 Å². The molecule has 2 N–H and O–H groups in total. The molecule has 0 atom stereocenters. The summed E-state index contributed by atoms with van der Waals surface area (Å²) in [7, 11) is 2.02. The van der Waals surface area contributed by atoms with Crippen LogP contribution in [0, 0.1) is 6.92 Å². The first kappa shape index (κ1) is 13.7. The third kappa shape index (κ3) is 2.84. The number of rotatable bonds is 4. The first-order chi connectivity index (χ1) is 9.00. The molecule has 0 saturated carbocycles. The summed E-state index contributed by atoms with van der Waals surface area (Å²) in [5.74, 6) is 1.75. The topological polar surface area (TPSA) is 67.9 Å². The van der Waals surface area contributed by atoms with E-state index in [-0.39, 0.29) is 0 Å². The smallest absolute Gasteiger partial charge is 0.137 e. The number of thiazole rings is 1. The van der Waals surface area contributed by atoms with Gasteiger partial charge in [0.2, 0.25) is 0 Å². The normalized spacial score (nSPS) is 11.0. The van der Waals surface area contributed by atoms with Gasteiger partial charge in [-0.25, -0.2) is 15.0 Å². The van der Waals surface area contributed by atoms with Crippen molar-refractivity contribution in [2.75, 3.05) is 17.7 Å². The molecular weight excluding hydrogens is 258 g/mol. The van der Waals surface area contributed by atoms with Crippen LogP contribution in [-0.2, 0) is 6.54 Å². The molecule has 0 radical (unpaired) electrons. The van der Waals surface area contributed by atoms with Crippen molar-refractivity contribution >= 4 is 23.0 Å². The molecule has 19 heavy (non-hydrogen) atoms. The number of anilines is 2. The van der Waals surface area contributed by atoms with Crippen molar-refractivity contribution in [1.82, 2.24) is 15.0 Å². The Morgan fingerprint density at radius 3 is 2.63 bits per heavy atom. The number of hydrogen-bond acceptors (Lipinski definition) is 6. The molecule has 2 aromatic heterocycles. The molecule has 2 heterocycles. The molecule has 0 bridgehead atoms. The van der Waals surface area contributed by atoms with E-state index >= 15 is 0 Å². The molecule has 0 aliphatic heterocycles. The summed E-state index contributed by atoms with van der Waals surface area (Å²) in [6.07, 6.45) is 1.52. The quantitative estimate of drug-likeness (QED) is 0.930. The van der Waals surface area contributed by atoms with Gasteiger partial charge in [-0.1, -0.05) is 13.8 Å². The van der Waals surface area contributed by atoms with E-state index in [1.807, 2.05) is 19.5 Å². The van der Waals surface area contributed by atoms with Crippen molar-refractivity contribution in [2.45, 2.75) is 33.2 Å². The second kappa shape index (κ2) is 5.52. The number of aromatic nitrogens is 3. The molecule has 5 nitrogen and oxygen atoms in total. The van der Waals surface area contributed by atoms with Crippen LogP contribution >= 0.6 is 11.3 Å². The van der Waals surface area contributed by atoms with E-state index in [4.69, 9.17) is 5.73 Å². The number of nitrogen functional groups attached to an aromatic ring is 1. The molecule has 0 aliphatic rings. The molecule has 102 valence electrons. The summed E-state index contributed by atoms with van der Waals surface area (Å²) < 4.78 is 0. The molecule has 0 amide bonds. The maximum absolute atomic E-state index is 5.98. The molecule has 0 aliphatic carbocycles. The van der Waals surface area contributed by atoms with Gasteiger partial charge in [-0.15, -0.1) is 11.3 Å². The maximum atomic E-state index is 5.98. The van der Waals surface area contributed by atoms with Crippen LogP contribution in [0.15, 0.2) is 11.8 Å². The van der Waals surface area contributed by atoms with Gasteiger partial charge in [0, 0.05) is 17.5 Å². The SMILES string of the molecule is Cc1ncsc1CN(C)c1ncnc(N)c1C(C)C. The molecule has 0 fully saturated rings. The number of aryl methyl sites for hydroxylation is 1. The van der Waals surface area contributed by atoms with Gasteiger partial charge in [-0.2, -0.15) is 0 Å². The highest BCUT2D eigenvalue weighted by Gasteiger charge is 2.17. The lowest BCUT2D eigenvalue weighted by Crippen LogP contribution is -2.21. The number of nitrogens with zero attached hydrogens (tertiary/aromatic N) is 4. The van der Waals surface area contributed by atoms with E-state index < -0.39 is 0 Å². The molecule has 0 unspecified atom stereocenters. The lowest BCUT2D eigenvalue weighted by molar-refractivity contribution is 0.814. The minimum absolute atomic E-state index is 0.293. The summed E-state index contributed by atoms with van der Waals surface area (Å²) in [5, 5.41) is 0. The van der Waals surface area contributed by atoms with Gasteiger partial charge in [0.05, 0.1) is 17.7 Å². The minimum atomic E-state index is 0.293. The fraction of sp³-hybridized carbons (Fsp3) is 0.462. The lowest BCUT2D eigenvalue weighted by atomic mass is 10.0. The fourth-order valence-corrected chi connectivity index (χ4v) is 2.86. The van der Waals surface area contributed by atoms with Gasteiger partial charge in [0.25, 0.3) is 0 Å². The summed E-state index contributed by atoms with van der Waals surface area (Å²) >= 11 is 1.66.